The lowest BCUT2D eigenvalue weighted by Crippen LogP contribution is -2.49. The zero-order chi connectivity index (χ0) is 13.7. The minimum Gasteiger partial charge on any atom is -0.339 e. The minimum atomic E-state index is 0.202. The average Bonchev–Trinajstić information content (AvgIpc) is 2.81. The van der Waals surface area contributed by atoms with Crippen LogP contribution in [0.3, 0.4) is 0 Å². The number of nitrogens with zero attached hydrogens (tertiary/aromatic N) is 4. The van der Waals surface area contributed by atoms with Crippen molar-refractivity contribution in [3.05, 3.63) is 18.2 Å². The van der Waals surface area contributed by atoms with E-state index in [1.54, 1.807) is 6.20 Å². The number of rotatable bonds is 5. The molecule has 1 aromatic rings. The molecule has 2 rings (SSSR count). The molecule has 19 heavy (non-hydrogen) atoms. The van der Waals surface area contributed by atoms with Crippen molar-refractivity contribution in [3.63, 3.8) is 0 Å². The van der Waals surface area contributed by atoms with E-state index in [-0.39, 0.29) is 5.91 Å². The molecule has 1 amide bonds. The fourth-order valence-corrected chi connectivity index (χ4v) is 2.20. The van der Waals surface area contributed by atoms with E-state index in [0.717, 1.165) is 45.0 Å². The van der Waals surface area contributed by atoms with Crippen molar-refractivity contribution in [2.24, 2.45) is 7.05 Å². The number of carbonyl (C=O) groups excluding carboxylic acids is 1. The van der Waals surface area contributed by atoms with Crippen LogP contribution in [-0.4, -0.2) is 71.6 Å². The zero-order valence-electron chi connectivity index (χ0n) is 11.8. The highest BCUT2D eigenvalue weighted by Gasteiger charge is 2.18. The number of piperazine rings is 1. The molecule has 0 spiro atoms. The summed E-state index contributed by atoms with van der Waals surface area (Å²) in [7, 11) is 4.07. The van der Waals surface area contributed by atoms with Crippen LogP contribution in [0.15, 0.2) is 12.4 Å². The summed E-state index contributed by atoms with van der Waals surface area (Å²) in [5, 5.41) is 3.20. The van der Waals surface area contributed by atoms with E-state index < -0.39 is 0 Å². The third-order valence-electron chi connectivity index (χ3n) is 3.58. The molecular formula is C13H23N5O. The first-order chi connectivity index (χ1) is 9.16. The van der Waals surface area contributed by atoms with Crippen LogP contribution in [0, 0.1) is 0 Å². The van der Waals surface area contributed by atoms with E-state index in [1.807, 2.05) is 22.7 Å². The maximum Gasteiger partial charge on any atom is 0.236 e. The predicted molar refractivity (Wildman–Crippen MR) is 73.9 cm³/mol. The van der Waals surface area contributed by atoms with Gasteiger partial charge in [0.2, 0.25) is 5.91 Å². The first-order valence-electron chi connectivity index (χ1n) is 6.80. The molecule has 1 aliphatic rings. The molecule has 1 saturated heterocycles. The van der Waals surface area contributed by atoms with E-state index >= 15 is 0 Å². The molecule has 0 bridgehead atoms. The first-order valence-corrected chi connectivity index (χ1v) is 6.80. The molecule has 106 valence electrons. The third kappa shape index (κ3) is 4.04. The van der Waals surface area contributed by atoms with Crippen molar-refractivity contribution in [2.45, 2.75) is 6.42 Å². The quantitative estimate of drug-likeness (QED) is 0.717. The summed E-state index contributed by atoms with van der Waals surface area (Å²) in [6.07, 6.45) is 4.58. The lowest BCUT2D eigenvalue weighted by Gasteiger charge is -2.32. The molecule has 2 heterocycles. The molecule has 0 radical (unpaired) electrons. The maximum atomic E-state index is 12.0. The van der Waals surface area contributed by atoms with Crippen molar-refractivity contribution >= 4 is 5.91 Å². The molecular weight excluding hydrogens is 242 g/mol. The monoisotopic (exact) mass is 265 g/mol. The van der Waals surface area contributed by atoms with Gasteiger partial charge in [0, 0.05) is 58.6 Å². The van der Waals surface area contributed by atoms with Crippen molar-refractivity contribution in [1.82, 2.24) is 24.7 Å². The van der Waals surface area contributed by atoms with Crippen LogP contribution in [0.1, 0.15) is 5.82 Å². The highest BCUT2D eigenvalue weighted by atomic mass is 16.2. The molecule has 0 aliphatic carbocycles. The number of hydrogen-bond acceptors (Lipinski definition) is 4. The van der Waals surface area contributed by atoms with E-state index in [9.17, 15) is 4.79 Å². The number of hydrogen-bond donors (Lipinski definition) is 1. The van der Waals surface area contributed by atoms with Crippen molar-refractivity contribution in [3.8, 4) is 0 Å². The Morgan fingerprint density at radius 2 is 2.05 bits per heavy atom. The maximum absolute atomic E-state index is 12.0. The number of carbonyl (C=O) groups is 1. The van der Waals surface area contributed by atoms with Gasteiger partial charge in [-0.1, -0.05) is 0 Å². The lowest BCUT2D eigenvalue weighted by atomic mass is 10.3. The van der Waals surface area contributed by atoms with Gasteiger partial charge in [-0.2, -0.15) is 0 Å². The Labute approximate surface area is 114 Å². The fourth-order valence-electron chi connectivity index (χ4n) is 2.20. The van der Waals surface area contributed by atoms with Gasteiger partial charge in [0.05, 0.1) is 6.54 Å². The SMILES string of the molecule is CN1CCN(C(=O)CNCCc2nccn2C)CC1. The minimum absolute atomic E-state index is 0.202. The number of aromatic nitrogens is 2. The number of imidazole rings is 1. The van der Waals surface area contributed by atoms with Gasteiger partial charge in [0.25, 0.3) is 0 Å². The molecule has 0 saturated carbocycles. The molecule has 6 nitrogen and oxygen atoms in total. The Kier molecular flexibility index (Phi) is 4.93. The smallest absolute Gasteiger partial charge is 0.236 e. The number of likely N-dealkylation sites (N-methyl/N-ethyl adjacent to an activating group) is 1. The number of amides is 1. The second-order valence-corrected chi connectivity index (χ2v) is 5.07. The van der Waals surface area contributed by atoms with Crippen LogP contribution in [0.2, 0.25) is 0 Å². The Morgan fingerprint density at radius 1 is 1.32 bits per heavy atom. The second-order valence-electron chi connectivity index (χ2n) is 5.07. The Morgan fingerprint density at radius 3 is 2.68 bits per heavy atom. The largest absolute Gasteiger partial charge is 0.339 e. The van der Waals surface area contributed by atoms with E-state index in [4.69, 9.17) is 0 Å². The fraction of sp³-hybridized carbons (Fsp3) is 0.692. The van der Waals surface area contributed by atoms with Crippen LogP contribution in [-0.2, 0) is 18.3 Å². The van der Waals surface area contributed by atoms with Crippen molar-refractivity contribution < 1.29 is 4.79 Å². The molecule has 0 unspecified atom stereocenters. The van der Waals surface area contributed by atoms with E-state index in [0.29, 0.717) is 6.54 Å². The molecule has 6 heteroatoms. The summed E-state index contributed by atoms with van der Waals surface area (Å²) in [6, 6.07) is 0. The molecule has 1 aromatic heterocycles. The number of aryl methyl sites for hydroxylation is 1. The van der Waals surface area contributed by atoms with Gasteiger partial charge in [-0.25, -0.2) is 4.98 Å². The van der Waals surface area contributed by atoms with Gasteiger partial charge in [0.1, 0.15) is 5.82 Å². The molecule has 1 fully saturated rings. The molecule has 0 aromatic carbocycles. The van der Waals surface area contributed by atoms with Gasteiger partial charge in [-0.15, -0.1) is 0 Å². The van der Waals surface area contributed by atoms with Crippen molar-refractivity contribution in [1.29, 1.82) is 0 Å². The van der Waals surface area contributed by atoms with Crippen LogP contribution in [0.5, 0.6) is 0 Å². The van der Waals surface area contributed by atoms with E-state index in [1.165, 1.54) is 0 Å². The van der Waals surface area contributed by atoms with Gasteiger partial charge < -0.3 is 19.7 Å². The van der Waals surface area contributed by atoms with Gasteiger partial charge in [-0.05, 0) is 7.05 Å². The summed E-state index contributed by atoms with van der Waals surface area (Å²) in [5.74, 6) is 1.24. The van der Waals surface area contributed by atoms with Crippen LogP contribution in [0.4, 0.5) is 0 Å². The Bertz CT molecular complexity index is 409. The van der Waals surface area contributed by atoms with Gasteiger partial charge >= 0.3 is 0 Å². The first kappa shape index (κ1) is 14.0. The predicted octanol–water partition coefficient (Wildman–Crippen LogP) is -0.674. The summed E-state index contributed by atoms with van der Waals surface area (Å²) >= 11 is 0. The number of nitrogens with one attached hydrogen (secondary N) is 1. The standard InChI is InChI=1S/C13H23N5O/c1-16-7-9-18(10-8-16)13(19)11-14-4-3-12-15-5-6-17(12)2/h5-6,14H,3-4,7-11H2,1-2H3. The zero-order valence-corrected chi connectivity index (χ0v) is 11.8. The summed E-state index contributed by atoms with van der Waals surface area (Å²) in [5.41, 5.74) is 0. The highest BCUT2D eigenvalue weighted by Crippen LogP contribution is 1.99. The summed E-state index contributed by atoms with van der Waals surface area (Å²) < 4.78 is 2.00. The van der Waals surface area contributed by atoms with Crippen LogP contribution in [0.25, 0.3) is 0 Å². The topological polar surface area (TPSA) is 53.4 Å². The molecule has 1 N–H and O–H groups in total. The second kappa shape index (κ2) is 6.68. The van der Waals surface area contributed by atoms with Crippen LogP contribution < -0.4 is 5.32 Å². The van der Waals surface area contributed by atoms with Crippen molar-refractivity contribution in [2.75, 3.05) is 46.3 Å². The van der Waals surface area contributed by atoms with Gasteiger partial charge in [-0.3, -0.25) is 4.79 Å². The molecule has 0 atom stereocenters. The summed E-state index contributed by atoms with van der Waals surface area (Å²) in [4.78, 5) is 20.4. The molecule has 1 aliphatic heterocycles. The summed E-state index contributed by atoms with van der Waals surface area (Å²) in [6.45, 7) is 4.84. The lowest BCUT2D eigenvalue weighted by molar-refractivity contribution is -0.131. The average molecular weight is 265 g/mol. The van der Waals surface area contributed by atoms with E-state index in [2.05, 4.69) is 22.2 Å². The highest BCUT2D eigenvalue weighted by molar-refractivity contribution is 5.78. The normalized spacial score (nSPS) is 16.8. The Balaban J connectivity index is 1.63. The van der Waals surface area contributed by atoms with Gasteiger partial charge in [0.15, 0.2) is 0 Å². The van der Waals surface area contributed by atoms with Crippen LogP contribution >= 0.6 is 0 Å². The Hall–Kier alpha value is -1.40. The third-order valence-corrected chi connectivity index (χ3v) is 3.58.